The highest BCUT2D eigenvalue weighted by molar-refractivity contribution is 9.10. The molecule has 0 saturated heterocycles. The van der Waals surface area contributed by atoms with E-state index in [2.05, 4.69) is 72.8 Å². The predicted molar refractivity (Wildman–Crippen MR) is 81.0 cm³/mol. The van der Waals surface area contributed by atoms with Crippen molar-refractivity contribution in [3.8, 4) is 0 Å². The fourth-order valence-electron chi connectivity index (χ4n) is 1.85. The lowest BCUT2D eigenvalue weighted by Gasteiger charge is -2.27. The molecule has 0 fully saturated rings. The van der Waals surface area contributed by atoms with E-state index in [1.54, 1.807) is 0 Å². The van der Waals surface area contributed by atoms with Crippen LogP contribution in [-0.2, 0) is 5.41 Å². The molecule has 0 aliphatic carbocycles. The second-order valence-electron chi connectivity index (χ2n) is 6.41. The van der Waals surface area contributed by atoms with Gasteiger partial charge in [-0.1, -0.05) is 34.1 Å². The van der Waals surface area contributed by atoms with Gasteiger partial charge in [0.15, 0.2) is 0 Å². The van der Waals surface area contributed by atoms with Crippen molar-refractivity contribution in [1.29, 1.82) is 0 Å². The van der Waals surface area contributed by atoms with E-state index in [1.165, 1.54) is 0 Å². The summed E-state index contributed by atoms with van der Waals surface area (Å²) in [6.45, 7) is 13.0. The molecule has 18 heavy (non-hydrogen) atoms. The molecule has 0 radical (unpaired) electrons. The van der Waals surface area contributed by atoms with Crippen molar-refractivity contribution in [1.82, 2.24) is 9.97 Å². The number of rotatable bonds is 4. The van der Waals surface area contributed by atoms with E-state index < -0.39 is 0 Å². The molecule has 1 aromatic rings. The van der Waals surface area contributed by atoms with Crippen LogP contribution in [0.2, 0.25) is 0 Å². The van der Waals surface area contributed by atoms with Gasteiger partial charge < -0.3 is 5.32 Å². The Morgan fingerprint density at radius 3 is 2.28 bits per heavy atom. The zero-order chi connectivity index (χ0) is 14.0. The number of hydrogen-bond acceptors (Lipinski definition) is 3. The molecule has 0 amide bonds. The number of nitrogens with one attached hydrogen (secondary N) is 1. The average Bonchev–Trinajstić information content (AvgIpc) is 2.13. The molecule has 0 aliphatic heterocycles. The van der Waals surface area contributed by atoms with E-state index in [-0.39, 0.29) is 11.0 Å². The van der Waals surface area contributed by atoms with Crippen LogP contribution in [0.1, 0.15) is 60.2 Å². The van der Waals surface area contributed by atoms with Crippen LogP contribution in [0.5, 0.6) is 0 Å². The van der Waals surface area contributed by atoms with Crippen LogP contribution in [0.15, 0.2) is 10.7 Å². The highest BCUT2D eigenvalue weighted by Crippen LogP contribution is 2.25. The first-order valence-electron chi connectivity index (χ1n) is 6.47. The van der Waals surface area contributed by atoms with Gasteiger partial charge in [-0.25, -0.2) is 9.97 Å². The van der Waals surface area contributed by atoms with Gasteiger partial charge in [-0.3, -0.25) is 0 Å². The molecule has 0 aromatic carbocycles. The van der Waals surface area contributed by atoms with Crippen LogP contribution >= 0.6 is 15.9 Å². The molecule has 0 unspecified atom stereocenters. The van der Waals surface area contributed by atoms with E-state index in [9.17, 15) is 0 Å². The van der Waals surface area contributed by atoms with Crippen LogP contribution in [0.3, 0.4) is 0 Å². The van der Waals surface area contributed by atoms with Gasteiger partial charge >= 0.3 is 0 Å². The molecular weight excluding hydrogens is 290 g/mol. The van der Waals surface area contributed by atoms with Crippen molar-refractivity contribution >= 4 is 21.7 Å². The minimum absolute atomic E-state index is 0.0465. The van der Waals surface area contributed by atoms with Crippen LogP contribution in [0.4, 0.5) is 5.82 Å². The normalized spacial score (nSPS) is 12.6. The summed E-state index contributed by atoms with van der Waals surface area (Å²) in [7, 11) is 0. The Hall–Kier alpha value is -0.640. The molecule has 0 aliphatic rings. The van der Waals surface area contributed by atoms with E-state index in [0.29, 0.717) is 0 Å². The Morgan fingerprint density at radius 1 is 1.17 bits per heavy atom. The first kappa shape index (κ1) is 15.4. The maximum Gasteiger partial charge on any atom is 0.137 e. The van der Waals surface area contributed by atoms with Crippen molar-refractivity contribution in [2.75, 3.05) is 5.32 Å². The van der Waals surface area contributed by atoms with Gasteiger partial charge in [-0.05, 0) is 36.2 Å². The Balaban J connectivity index is 3.00. The van der Waals surface area contributed by atoms with Crippen molar-refractivity contribution in [3.05, 3.63) is 16.5 Å². The fourth-order valence-corrected chi connectivity index (χ4v) is 2.24. The number of halogens is 1. The Kier molecular flexibility index (Phi) is 4.76. The zero-order valence-electron chi connectivity index (χ0n) is 12.3. The Bertz CT molecular complexity index is 408. The number of aromatic nitrogens is 2. The summed E-state index contributed by atoms with van der Waals surface area (Å²) in [6, 6.07) is 1.94. The maximum atomic E-state index is 4.62. The smallest absolute Gasteiger partial charge is 0.137 e. The summed E-state index contributed by atoms with van der Waals surface area (Å²) < 4.78 is 0.831. The van der Waals surface area contributed by atoms with Crippen molar-refractivity contribution in [3.63, 3.8) is 0 Å². The predicted octanol–water partition coefficient (Wildman–Crippen LogP) is 4.53. The van der Waals surface area contributed by atoms with Crippen LogP contribution in [-0.4, -0.2) is 15.5 Å². The third kappa shape index (κ3) is 4.56. The van der Waals surface area contributed by atoms with Crippen LogP contribution < -0.4 is 5.32 Å². The quantitative estimate of drug-likeness (QED) is 0.830. The molecule has 1 heterocycles. The SMILES string of the molecule is CCCC(C)(C)Nc1cc(Br)nc(C(C)(C)C)n1. The van der Waals surface area contributed by atoms with Crippen LogP contribution in [0.25, 0.3) is 0 Å². The largest absolute Gasteiger partial charge is 0.365 e. The van der Waals surface area contributed by atoms with Gasteiger partial charge in [0.2, 0.25) is 0 Å². The molecule has 1 rings (SSSR count). The molecule has 0 saturated carbocycles. The topological polar surface area (TPSA) is 37.8 Å². The summed E-state index contributed by atoms with van der Waals surface area (Å²) in [4.78, 5) is 9.07. The summed E-state index contributed by atoms with van der Waals surface area (Å²) in [5, 5.41) is 3.49. The van der Waals surface area contributed by atoms with Gasteiger partial charge in [-0.15, -0.1) is 0 Å². The number of nitrogens with zero attached hydrogens (tertiary/aromatic N) is 2. The Labute approximate surface area is 119 Å². The second-order valence-corrected chi connectivity index (χ2v) is 7.22. The first-order chi connectivity index (χ1) is 8.14. The minimum atomic E-state index is -0.0465. The Morgan fingerprint density at radius 2 is 1.78 bits per heavy atom. The molecule has 0 bridgehead atoms. The first-order valence-corrected chi connectivity index (χ1v) is 7.26. The molecule has 1 N–H and O–H groups in total. The third-order valence-electron chi connectivity index (χ3n) is 2.71. The van der Waals surface area contributed by atoms with Gasteiger partial charge in [-0.2, -0.15) is 0 Å². The van der Waals surface area contributed by atoms with Gasteiger partial charge in [0, 0.05) is 17.0 Å². The zero-order valence-corrected chi connectivity index (χ0v) is 13.8. The highest BCUT2D eigenvalue weighted by atomic mass is 79.9. The third-order valence-corrected chi connectivity index (χ3v) is 3.11. The second kappa shape index (κ2) is 5.55. The molecule has 3 nitrogen and oxygen atoms in total. The average molecular weight is 314 g/mol. The molecule has 1 aromatic heterocycles. The van der Waals surface area contributed by atoms with E-state index in [1.807, 2.05) is 6.07 Å². The van der Waals surface area contributed by atoms with E-state index >= 15 is 0 Å². The summed E-state index contributed by atoms with van der Waals surface area (Å²) in [6.07, 6.45) is 2.26. The van der Waals surface area contributed by atoms with Crippen molar-refractivity contribution in [2.45, 2.75) is 65.3 Å². The minimum Gasteiger partial charge on any atom is -0.365 e. The van der Waals surface area contributed by atoms with Gasteiger partial charge in [0.1, 0.15) is 16.2 Å². The molecule has 0 spiro atoms. The fraction of sp³-hybridized carbons (Fsp3) is 0.714. The van der Waals surface area contributed by atoms with E-state index in [4.69, 9.17) is 0 Å². The molecule has 4 heteroatoms. The highest BCUT2D eigenvalue weighted by Gasteiger charge is 2.21. The summed E-state index contributed by atoms with van der Waals surface area (Å²) in [5.74, 6) is 1.74. The molecular formula is C14H24BrN3. The maximum absolute atomic E-state index is 4.62. The van der Waals surface area contributed by atoms with Crippen molar-refractivity contribution < 1.29 is 0 Å². The van der Waals surface area contributed by atoms with E-state index in [0.717, 1.165) is 29.1 Å². The monoisotopic (exact) mass is 313 g/mol. The summed E-state index contributed by atoms with van der Waals surface area (Å²) >= 11 is 3.46. The number of hydrogen-bond donors (Lipinski definition) is 1. The van der Waals surface area contributed by atoms with Crippen LogP contribution in [0, 0.1) is 0 Å². The molecule has 0 atom stereocenters. The lowest BCUT2D eigenvalue weighted by molar-refractivity contribution is 0.504. The van der Waals surface area contributed by atoms with Crippen molar-refractivity contribution in [2.24, 2.45) is 0 Å². The molecule has 102 valence electrons. The summed E-state index contributed by atoms with van der Waals surface area (Å²) in [5.41, 5.74) is 0.00675. The van der Waals surface area contributed by atoms with Gasteiger partial charge in [0.05, 0.1) is 0 Å². The number of anilines is 1. The lowest BCUT2D eigenvalue weighted by atomic mass is 9.95. The standard InChI is InChI=1S/C14H24BrN3/c1-7-8-14(5,6)18-11-9-10(15)16-12(17-11)13(2,3)4/h9H,7-8H2,1-6H3,(H,16,17,18). The lowest BCUT2D eigenvalue weighted by Crippen LogP contribution is -2.31. The van der Waals surface area contributed by atoms with Gasteiger partial charge in [0.25, 0.3) is 0 Å².